The molecule has 1 aromatic rings. The highest BCUT2D eigenvalue weighted by atomic mass is 16.3. The second kappa shape index (κ2) is 3.54. The van der Waals surface area contributed by atoms with Crippen LogP contribution in [0.4, 0.5) is 0 Å². The van der Waals surface area contributed by atoms with Gasteiger partial charge in [0, 0.05) is 12.0 Å². The minimum atomic E-state index is 0.266. The van der Waals surface area contributed by atoms with Crippen molar-refractivity contribution in [3.63, 3.8) is 0 Å². The molecule has 1 N–H and O–H groups in total. The van der Waals surface area contributed by atoms with Crippen LogP contribution >= 0.6 is 0 Å². The van der Waals surface area contributed by atoms with Gasteiger partial charge in [0.05, 0.1) is 6.26 Å². The van der Waals surface area contributed by atoms with Gasteiger partial charge in [-0.1, -0.05) is 6.92 Å². The van der Waals surface area contributed by atoms with E-state index in [1.165, 1.54) is 12.8 Å². The van der Waals surface area contributed by atoms with Crippen LogP contribution in [0.3, 0.4) is 0 Å². The lowest BCUT2D eigenvalue weighted by atomic mass is 9.76. The molecule has 1 saturated heterocycles. The molecule has 1 unspecified atom stereocenters. The number of nitrogens with one attached hydrogen (secondary N) is 1. The lowest BCUT2D eigenvalue weighted by Crippen LogP contribution is -2.42. The third-order valence-electron chi connectivity index (χ3n) is 3.19. The molecule has 0 radical (unpaired) electrons. The van der Waals surface area contributed by atoms with E-state index in [9.17, 15) is 0 Å². The van der Waals surface area contributed by atoms with Crippen molar-refractivity contribution in [3.05, 3.63) is 24.2 Å². The maximum absolute atomic E-state index is 5.53. The van der Waals surface area contributed by atoms with Gasteiger partial charge in [-0.05, 0) is 37.9 Å². The number of hydrogen-bond donors (Lipinski definition) is 1. The lowest BCUT2D eigenvalue weighted by molar-refractivity contribution is 0.253. The Bertz CT molecular complexity index is 247. The fourth-order valence-electron chi connectivity index (χ4n) is 2.23. The Morgan fingerprint density at radius 3 is 3.08 bits per heavy atom. The van der Waals surface area contributed by atoms with Gasteiger partial charge in [0.1, 0.15) is 5.76 Å². The normalized spacial score (nSPS) is 29.0. The lowest BCUT2D eigenvalue weighted by Gasteiger charge is -2.35. The van der Waals surface area contributed by atoms with Crippen molar-refractivity contribution in [2.75, 3.05) is 13.1 Å². The van der Waals surface area contributed by atoms with Crippen LogP contribution in [-0.4, -0.2) is 13.1 Å². The molecule has 0 spiro atoms. The van der Waals surface area contributed by atoms with Crippen molar-refractivity contribution in [1.82, 2.24) is 5.32 Å². The Balaban J connectivity index is 2.23. The second-order valence-electron chi connectivity index (χ2n) is 3.89. The van der Waals surface area contributed by atoms with E-state index in [-0.39, 0.29) is 5.41 Å². The van der Waals surface area contributed by atoms with Crippen LogP contribution in [0.2, 0.25) is 0 Å². The highest BCUT2D eigenvalue weighted by Gasteiger charge is 2.34. The first-order valence-corrected chi connectivity index (χ1v) is 5.12. The minimum absolute atomic E-state index is 0.266. The predicted molar refractivity (Wildman–Crippen MR) is 52.8 cm³/mol. The summed E-state index contributed by atoms with van der Waals surface area (Å²) in [7, 11) is 0. The van der Waals surface area contributed by atoms with Crippen molar-refractivity contribution in [2.45, 2.75) is 31.6 Å². The Labute approximate surface area is 79.3 Å². The van der Waals surface area contributed by atoms with Crippen molar-refractivity contribution in [2.24, 2.45) is 0 Å². The van der Waals surface area contributed by atoms with Crippen LogP contribution in [0.15, 0.2) is 22.8 Å². The third kappa shape index (κ3) is 1.51. The van der Waals surface area contributed by atoms with E-state index in [0.29, 0.717) is 0 Å². The second-order valence-corrected chi connectivity index (χ2v) is 3.89. The van der Waals surface area contributed by atoms with E-state index in [0.717, 1.165) is 25.3 Å². The Kier molecular flexibility index (Phi) is 2.40. The molecule has 1 atom stereocenters. The van der Waals surface area contributed by atoms with E-state index in [4.69, 9.17) is 4.42 Å². The van der Waals surface area contributed by atoms with Gasteiger partial charge in [0.25, 0.3) is 0 Å². The molecular weight excluding hydrogens is 162 g/mol. The van der Waals surface area contributed by atoms with Gasteiger partial charge in [-0.25, -0.2) is 0 Å². The zero-order valence-corrected chi connectivity index (χ0v) is 8.18. The van der Waals surface area contributed by atoms with Gasteiger partial charge in [-0.3, -0.25) is 0 Å². The van der Waals surface area contributed by atoms with Gasteiger partial charge >= 0.3 is 0 Å². The van der Waals surface area contributed by atoms with Gasteiger partial charge in [-0.15, -0.1) is 0 Å². The van der Waals surface area contributed by atoms with Crippen molar-refractivity contribution < 1.29 is 4.42 Å². The maximum Gasteiger partial charge on any atom is 0.111 e. The molecule has 0 bridgehead atoms. The molecule has 1 aliphatic rings. The Hall–Kier alpha value is -0.760. The van der Waals surface area contributed by atoms with Crippen LogP contribution in [-0.2, 0) is 5.41 Å². The van der Waals surface area contributed by atoms with Crippen LogP contribution in [0.5, 0.6) is 0 Å². The molecule has 0 aromatic carbocycles. The average Bonchev–Trinajstić information content (AvgIpc) is 2.72. The standard InChI is InChI=1S/C11H17NO/c1-2-11(6-4-7-12-9-11)10-5-3-8-13-10/h3,5,8,12H,2,4,6-7,9H2,1H3. The summed E-state index contributed by atoms with van der Waals surface area (Å²) in [5.74, 6) is 1.15. The number of piperidine rings is 1. The number of furan rings is 1. The molecule has 2 rings (SSSR count). The summed E-state index contributed by atoms with van der Waals surface area (Å²) < 4.78 is 5.53. The molecule has 1 fully saturated rings. The molecule has 0 aliphatic carbocycles. The largest absolute Gasteiger partial charge is 0.469 e. The van der Waals surface area contributed by atoms with E-state index >= 15 is 0 Å². The van der Waals surface area contributed by atoms with E-state index < -0.39 is 0 Å². The summed E-state index contributed by atoms with van der Waals surface area (Å²) in [5.41, 5.74) is 0.266. The van der Waals surface area contributed by atoms with E-state index in [1.54, 1.807) is 6.26 Å². The fourth-order valence-corrected chi connectivity index (χ4v) is 2.23. The summed E-state index contributed by atoms with van der Waals surface area (Å²) in [6.07, 6.45) is 5.45. The monoisotopic (exact) mass is 179 g/mol. The third-order valence-corrected chi connectivity index (χ3v) is 3.19. The predicted octanol–water partition coefficient (Wildman–Crippen LogP) is 2.31. The van der Waals surface area contributed by atoms with Gasteiger partial charge in [-0.2, -0.15) is 0 Å². The summed E-state index contributed by atoms with van der Waals surface area (Å²) in [4.78, 5) is 0. The Morgan fingerprint density at radius 1 is 1.62 bits per heavy atom. The Morgan fingerprint density at radius 2 is 2.54 bits per heavy atom. The summed E-state index contributed by atoms with van der Waals surface area (Å²) in [6.45, 7) is 4.47. The number of rotatable bonds is 2. The smallest absolute Gasteiger partial charge is 0.111 e. The van der Waals surface area contributed by atoms with Gasteiger partial charge < -0.3 is 9.73 Å². The molecule has 72 valence electrons. The zero-order chi connectivity index (χ0) is 9.15. The molecule has 1 aliphatic heterocycles. The average molecular weight is 179 g/mol. The van der Waals surface area contributed by atoms with E-state index in [2.05, 4.69) is 18.3 Å². The van der Waals surface area contributed by atoms with Crippen molar-refractivity contribution in [3.8, 4) is 0 Å². The molecular formula is C11H17NO. The van der Waals surface area contributed by atoms with E-state index in [1.807, 2.05) is 6.07 Å². The number of hydrogen-bond acceptors (Lipinski definition) is 2. The molecule has 2 nitrogen and oxygen atoms in total. The van der Waals surface area contributed by atoms with Crippen molar-refractivity contribution >= 4 is 0 Å². The molecule has 2 heterocycles. The SMILES string of the molecule is CCC1(c2ccco2)CCCNC1. The first kappa shape index (κ1) is 8.82. The summed E-state index contributed by atoms with van der Waals surface area (Å²) >= 11 is 0. The highest BCUT2D eigenvalue weighted by Crippen LogP contribution is 2.34. The van der Waals surface area contributed by atoms with Crippen LogP contribution in [0.25, 0.3) is 0 Å². The minimum Gasteiger partial charge on any atom is -0.469 e. The van der Waals surface area contributed by atoms with Gasteiger partial charge in [0.2, 0.25) is 0 Å². The molecule has 0 amide bonds. The zero-order valence-electron chi connectivity index (χ0n) is 8.18. The first-order valence-electron chi connectivity index (χ1n) is 5.12. The molecule has 0 saturated carbocycles. The topological polar surface area (TPSA) is 25.2 Å². The fraction of sp³-hybridized carbons (Fsp3) is 0.636. The van der Waals surface area contributed by atoms with Gasteiger partial charge in [0.15, 0.2) is 0 Å². The quantitative estimate of drug-likeness (QED) is 0.753. The van der Waals surface area contributed by atoms with Crippen LogP contribution in [0.1, 0.15) is 31.9 Å². The molecule has 2 heteroatoms. The molecule has 13 heavy (non-hydrogen) atoms. The highest BCUT2D eigenvalue weighted by molar-refractivity contribution is 5.15. The first-order chi connectivity index (χ1) is 6.37. The van der Waals surface area contributed by atoms with Crippen LogP contribution < -0.4 is 5.32 Å². The van der Waals surface area contributed by atoms with Crippen LogP contribution in [0, 0.1) is 0 Å². The summed E-state index contributed by atoms with van der Waals surface area (Å²) in [6, 6.07) is 4.10. The van der Waals surface area contributed by atoms with Crippen molar-refractivity contribution in [1.29, 1.82) is 0 Å². The maximum atomic E-state index is 5.53. The molecule has 1 aromatic heterocycles. The summed E-state index contributed by atoms with van der Waals surface area (Å²) in [5, 5.41) is 3.45.